The maximum Gasteiger partial charge on any atom is 0.315 e. The molecule has 3 rings (SSSR count). The summed E-state index contributed by atoms with van der Waals surface area (Å²) < 4.78 is 5.33. The van der Waals surface area contributed by atoms with Gasteiger partial charge >= 0.3 is 6.03 Å². The SMILES string of the molecule is O=C(NCc1cc(-c2ccccc2)on1)NC1CCCCCC1CO. The summed E-state index contributed by atoms with van der Waals surface area (Å²) in [6.07, 6.45) is 5.25. The van der Waals surface area contributed by atoms with Gasteiger partial charge in [0, 0.05) is 30.2 Å². The molecule has 1 aliphatic carbocycles. The largest absolute Gasteiger partial charge is 0.396 e. The van der Waals surface area contributed by atoms with Crippen molar-refractivity contribution in [1.82, 2.24) is 15.8 Å². The van der Waals surface area contributed by atoms with E-state index in [-0.39, 0.29) is 24.6 Å². The van der Waals surface area contributed by atoms with Crippen molar-refractivity contribution in [2.75, 3.05) is 6.61 Å². The zero-order valence-electron chi connectivity index (χ0n) is 14.3. The number of nitrogens with one attached hydrogen (secondary N) is 2. The van der Waals surface area contributed by atoms with E-state index in [4.69, 9.17) is 4.52 Å². The molecule has 1 heterocycles. The van der Waals surface area contributed by atoms with Crippen LogP contribution in [0.3, 0.4) is 0 Å². The van der Waals surface area contributed by atoms with Gasteiger partial charge in [-0.2, -0.15) is 0 Å². The van der Waals surface area contributed by atoms with Crippen LogP contribution in [-0.2, 0) is 6.54 Å². The van der Waals surface area contributed by atoms with Gasteiger partial charge in [0.05, 0.1) is 6.54 Å². The molecule has 0 aliphatic heterocycles. The van der Waals surface area contributed by atoms with E-state index in [1.807, 2.05) is 36.4 Å². The van der Waals surface area contributed by atoms with Crippen LogP contribution in [0.4, 0.5) is 4.79 Å². The summed E-state index contributed by atoms with van der Waals surface area (Å²) in [5.41, 5.74) is 1.63. The van der Waals surface area contributed by atoms with Gasteiger partial charge in [0.25, 0.3) is 0 Å². The minimum absolute atomic E-state index is 0.0321. The highest BCUT2D eigenvalue weighted by Gasteiger charge is 2.24. The van der Waals surface area contributed by atoms with E-state index < -0.39 is 0 Å². The zero-order valence-corrected chi connectivity index (χ0v) is 14.3. The summed E-state index contributed by atoms with van der Waals surface area (Å²) in [7, 11) is 0. The van der Waals surface area contributed by atoms with Crippen molar-refractivity contribution in [2.45, 2.75) is 44.7 Å². The molecule has 6 heteroatoms. The molecular weight excluding hydrogens is 318 g/mol. The molecule has 2 unspecified atom stereocenters. The Morgan fingerprint density at radius 2 is 2.00 bits per heavy atom. The molecule has 0 spiro atoms. The first kappa shape index (κ1) is 17.5. The number of aliphatic hydroxyl groups is 1. The van der Waals surface area contributed by atoms with Gasteiger partial charge in [-0.3, -0.25) is 0 Å². The first-order valence-corrected chi connectivity index (χ1v) is 8.92. The molecule has 134 valence electrons. The Hall–Kier alpha value is -2.34. The molecule has 1 fully saturated rings. The van der Waals surface area contributed by atoms with E-state index in [1.165, 1.54) is 0 Å². The molecule has 1 saturated carbocycles. The molecule has 6 nitrogen and oxygen atoms in total. The number of rotatable bonds is 5. The van der Waals surface area contributed by atoms with Crippen LogP contribution in [-0.4, -0.2) is 28.9 Å². The van der Waals surface area contributed by atoms with Gasteiger partial charge in [-0.05, 0) is 12.8 Å². The number of hydrogen-bond donors (Lipinski definition) is 3. The number of aliphatic hydroxyl groups excluding tert-OH is 1. The summed E-state index contributed by atoms with van der Waals surface area (Å²) in [5, 5.41) is 19.3. The molecule has 3 N–H and O–H groups in total. The van der Waals surface area contributed by atoms with E-state index in [0.717, 1.165) is 37.7 Å². The van der Waals surface area contributed by atoms with Crippen LogP contribution in [0.5, 0.6) is 0 Å². The Balaban J connectivity index is 1.51. The number of aromatic nitrogens is 1. The lowest BCUT2D eigenvalue weighted by atomic mass is 9.96. The molecule has 0 bridgehead atoms. The average Bonchev–Trinajstić information content (AvgIpc) is 3.01. The maximum absolute atomic E-state index is 12.2. The predicted molar refractivity (Wildman–Crippen MR) is 94.8 cm³/mol. The van der Waals surface area contributed by atoms with Gasteiger partial charge < -0.3 is 20.3 Å². The molecule has 1 aliphatic rings. The molecule has 2 aromatic rings. The smallest absolute Gasteiger partial charge is 0.315 e. The quantitative estimate of drug-likeness (QED) is 0.728. The van der Waals surface area contributed by atoms with Gasteiger partial charge in [0.15, 0.2) is 5.76 Å². The summed E-state index contributed by atoms with van der Waals surface area (Å²) in [5.74, 6) is 0.826. The lowest BCUT2D eigenvalue weighted by molar-refractivity contribution is 0.179. The van der Waals surface area contributed by atoms with E-state index in [0.29, 0.717) is 18.0 Å². The van der Waals surface area contributed by atoms with Crippen molar-refractivity contribution >= 4 is 6.03 Å². The van der Waals surface area contributed by atoms with Crippen molar-refractivity contribution in [3.63, 3.8) is 0 Å². The standard InChI is InChI=1S/C19H25N3O3/c23-13-15-9-5-2-6-10-17(15)21-19(24)20-12-16-11-18(25-22-16)14-7-3-1-4-8-14/h1,3-4,7-8,11,15,17,23H,2,5-6,9-10,12-13H2,(H2,20,21,24). The molecule has 0 radical (unpaired) electrons. The number of amides is 2. The fourth-order valence-corrected chi connectivity index (χ4v) is 3.32. The van der Waals surface area contributed by atoms with E-state index in [2.05, 4.69) is 15.8 Å². The second-order valence-corrected chi connectivity index (χ2v) is 6.56. The number of benzene rings is 1. The summed E-state index contributed by atoms with van der Waals surface area (Å²) in [6, 6.07) is 11.4. The molecule has 2 atom stereocenters. The first-order chi connectivity index (χ1) is 12.3. The molecule has 2 amide bonds. The molecule has 25 heavy (non-hydrogen) atoms. The minimum atomic E-state index is -0.227. The lowest BCUT2D eigenvalue weighted by Gasteiger charge is -2.24. The minimum Gasteiger partial charge on any atom is -0.396 e. The van der Waals surface area contributed by atoms with Gasteiger partial charge in [-0.1, -0.05) is 54.8 Å². The number of hydrogen-bond acceptors (Lipinski definition) is 4. The van der Waals surface area contributed by atoms with Gasteiger partial charge in [-0.15, -0.1) is 0 Å². The van der Waals surface area contributed by atoms with Crippen LogP contribution >= 0.6 is 0 Å². The second kappa shape index (κ2) is 8.67. The summed E-state index contributed by atoms with van der Waals surface area (Å²) in [6.45, 7) is 0.424. The Morgan fingerprint density at radius 3 is 2.80 bits per heavy atom. The molecule has 1 aromatic carbocycles. The van der Waals surface area contributed by atoms with Crippen molar-refractivity contribution in [2.24, 2.45) is 5.92 Å². The predicted octanol–water partition coefficient (Wildman–Crippen LogP) is 3.08. The van der Waals surface area contributed by atoms with E-state index >= 15 is 0 Å². The fourth-order valence-electron chi connectivity index (χ4n) is 3.32. The monoisotopic (exact) mass is 343 g/mol. The highest BCUT2D eigenvalue weighted by atomic mass is 16.5. The van der Waals surface area contributed by atoms with Crippen LogP contribution in [0, 0.1) is 5.92 Å². The Kier molecular flexibility index (Phi) is 6.06. The van der Waals surface area contributed by atoms with Crippen molar-refractivity contribution < 1.29 is 14.4 Å². The van der Waals surface area contributed by atoms with Gasteiger partial charge in [-0.25, -0.2) is 4.79 Å². The molecule has 1 aromatic heterocycles. The number of carbonyl (C=O) groups excluding carboxylic acids is 1. The highest BCUT2D eigenvalue weighted by Crippen LogP contribution is 2.23. The van der Waals surface area contributed by atoms with Crippen LogP contribution in [0.1, 0.15) is 37.8 Å². The summed E-state index contributed by atoms with van der Waals surface area (Å²) in [4.78, 5) is 12.2. The maximum atomic E-state index is 12.2. The third-order valence-corrected chi connectivity index (χ3v) is 4.76. The fraction of sp³-hybridized carbons (Fsp3) is 0.474. The van der Waals surface area contributed by atoms with Crippen molar-refractivity contribution in [1.29, 1.82) is 0 Å². The highest BCUT2D eigenvalue weighted by molar-refractivity contribution is 5.74. The molecular formula is C19H25N3O3. The Morgan fingerprint density at radius 1 is 1.20 bits per heavy atom. The number of urea groups is 1. The van der Waals surface area contributed by atoms with Crippen LogP contribution in [0.25, 0.3) is 11.3 Å². The molecule has 0 saturated heterocycles. The Labute approximate surface area is 147 Å². The lowest BCUT2D eigenvalue weighted by Crippen LogP contribution is -2.45. The third-order valence-electron chi connectivity index (χ3n) is 4.76. The third kappa shape index (κ3) is 4.82. The number of carbonyl (C=O) groups is 1. The second-order valence-electron chi connectivity index (χ2n) is 6.56. The van der Waals surface area contributed by atoms with Crippen LogP contribution in [0.15, 0.2) is 40.9 Å². The van der Waals surface area contributed by atoms with Gasteiger partial charge in [0.2, 0.25) is 0 Å². The average molecular weight is 343 g/mol. The van der Waals surface area contributed by atoms with Crippen LogP contribution < -0.4 is 10.6 Å². The Bertz CT molecular complexity index is 672. The van der Waals surface area contributed by atoms with Crippen LogP contribution in [0.2, 0.25) is 0 Å². The number of nitrogens with zero attached hydrogens (tertiary/aromatic N) is 1. The van der Waals surface area contributed by atoms with Gasteiger partial charge in [0.1, 0.15) is 5.69 Å². The van der Waals surface area contributed by atoms with Crippen molar-refractivity contribution in [3.05, 3.63) is 42.1 Å². The summed E-state index contributed by atoms with van der Waals surface area (Å²) >= 11 is 0. The topological polar surface area (TPSA) is 87.4 Å². The van der Waals surface area contributed by atoms with E-state index in [1.54, 1.807) is 0 Å². The normalized spacial score (nSPS) is 20.7. The first-order valence-electron chi connectivity index (χ1n) is 8.92. The van der Waals surface area contributed by atoms with Crippen molar-refractivity contribution in [3.8, 4) is 11.3 Å². The van der Waals surface area contributed by atoms with E-state index in [9.17, 15) is 9.90 Å². The zero-order chi connectivity index (χ0) is 17.5.